The van der Waals surface area contributed by atoms with Crippen molar-refractivity contribution in [3.63, 3.8) is 0 Å². The predicted molar refractivity (Wildman–Crippen MR) is 116 cm³/mol. The summed E-state index contributed by atoms with van der Waals surface area (Å²) in [5, 5.41) is 0.478. The largest absolute Gasteiger partial charge is 0.452 e. The Morgan fingerprint density at radius 1 is 1.00 bits per heavy atom. The van der Waals surface area contributed by atoms with Crippen LogP contribution in [0.1, 0.15) is 44.9 Å². The van der Waals surface area contributed by atoms with Crippen LogP contribution in [0.5, 0.6) is 0 Å². The van der Waals surface area contributed by atoms with Gasteiger partial charge in [0.1, 0.15) is 0 Å². The molecule has 8 nitrogen and oxygen atoms in total. The lowest BCUT2D eigenvalue weighted by Gasteiger charge is -2.35. The third-order valence-corrected chi connectivity index (χ3v) is 5.56. The minimum atomic E-state index is -0.749. The highest BCUT2D eigenvalue weighted by atomic mass is 35.5. The summed E-state index contributed by atoms with van der Waals surface area (Å²) in [5.41, 5.74) is 0.749. The van der Waals surface area contributed by atoms with Crippen molar-refractivity contribution >= 4 is 41.0 Å². The average Bonchev–Trinajstić information content (AvgIpc) is 3.01. The van der Waals surface area contributed by atoms with Crippen molar-refractivity contribution in [1.82, 2.24) is 4.90 Å². The van der Waals surface area contributed by atoms with E-state index in [4.69, 9.17) is 21.1 Å². The van der Waals surface area contributed by atoms with E-state index in [0.29, 0.717) is 23.8 Å². The fourth-order valence-corrected chi connectivity index (χ4v) is 4.00. The molecule has 1 fully saturated rings. The Bertz CT molecular complexity index is 1090. The molecule has 166 valence electrons. The van der Waals surface area contributed by atoms with E-state index < -0.39 is 24.4 Å². The van der Waals surface area contributed by atoms with Crippen molar-refractivity contribution in [2.45, 2.75) is 26.1 Å². The van der Waals surface area contributed by atoms with Gasteiger partial charge < -0.3 is 14.4 Å². The first-order valence-electron chi connectivity index (χ1n) is 10.1. The summed E-state index contributed by atoms with van der Waals surface area (Å²) in [5.74, 6) is -2.10. The number of amides is 3. The Kier molecular flexibility index (Phi) is 5.99. The molecule has 0 radical (unpaired) electrons. The van der Waals surface area contributed by atoms with Gasteiger partial charge >= 0.3 is 5.97 Å². The molecule has 2 aliphatic rings. The van der Waals surface area contributed by atoms with Crippen LogP contribution in [0, 0.1) is 0 Å². The summed E-state index contributed by atoms with van der Waals surface area (Å²) in [6.45, 7) is 4.18. The third-order valence-electron chi connectivity index (χ3n) is 5.31. The molecule has 2 aromatic carbocycles. The molecule has 2 heterocycles. The Hall–Kier alpha value is -3.23. The average molecular weight is 457 g/mol. The molecular weight excluding hydrogens is 436 g/mol. The van der Waals surface area contributed by atoms with Gasteiger partial charge in [-0.3, -0.25) is 14.4 Å². The van der Waals surface area contributed by atoms with E-state index in [9.17, 15) is 19.2 Å². The smallest absolute Gasteiger partial charge is 0.338 e. The predicted octanol–water partition coefficient (Wildman–Crippen LogP) is 2.93. The van der Waals surface area contributed by atoms with E-state index in [-0.39, 0.29) is 34.8 Å². The lowest BCUT2D eigenvalue weighted by Crippen LogP contribution is -2.49. The van der Waals surface area contributed by atoms with Gasteiger partial charge in [0.2, 0.25) is 0 Å². The summed E-state index contributed by atoms with van der Waals surface area (Å²) in [7, 11) is 0. The fraction of sp³-hybridized carbons (Fsp3) is 0.304. The van der Waals surface area contributed by atoms with E-state index in [1.165, 1.54) is 18.2 Å². The van der Waals surface area contributed by atoms with Gasteiger partial charge in [-0.05, 0) is 56.3 Å². The van der Waals surface area contributed by atoms with Gasteiger partial charge in [-0.1, -0.05) is 11.6 Å². The molecule has 1 saturated heterocycles. The normalized spacial score (nSPS) is 20.3. The van der Waals surface area contributed by atoms with Gasteiger partial charge in [-0.15, -0.1) is 0 Å². The Morgan fingerprint density at radius 3 is 2.28 bits per heavy atom. The molecule has 0 aromatic heterocycles. The molecule has 0 bridgehead atoms. The van der Waals surface area contributed by atoms with Crippen molar-refractivity contribution < 1.29 is 28.7 Å². The number of benzene rings is 2. The highest BCUT2D eigenvalue weighted by Gasteiger charge is 2.37. The van der Waals surface area contributed by atoms with Crippen LogP contribution in [0.25, 0.3) is 0 Å². The molecule has 2 aliphatic heterocycles. The van der Waals surface area contributed by atoms with Crippen molar-refractivity contribution in [2.24, 2.45) is 0 Å². The number of fused-ring (bicyclic) bond motifs is 1. The first-order chi connectivity index (χ1) is 15.2. The molecule has 2 atom stereocenters. The number of imide groups is 1. The summed E-state index contributed by atoms with van der Waals surface area (Å²) in [6.07, 6.45) is -0.190. The van der Waals surface area contributed by atoms with Crippen molar-refractivity contribution in [3.8, 4) is 0 Å². The minimum absolute atomic E-state index is 0.0827. The molecule has 0 aliphatic carbocycles. The summed E-state index contributed by atoms with van der Waals surface area (Å²) < 4.78 is 10.8. The zero-order valence-electron chi connectivity index (χ0n) is 17.5. The van der Waals surface area contributed by atoms with Crippen LogP contribution in [0.3, 0.4) is 0 Å². The molecule has 0 N–H and O–H groups in total. The summed E-state index contributed by atoms with van der Waals surface area (Å²) >= 11 is 5.88. The fourth-order valence-electron chi connectivity index (χ4n) is 3.88. The highest BCUT2D eigenvalue weighted by Crippen LogP contribution is 2.30. The Morgan fingerprint density at radius 2 is 1.62 bits per heavy atom. The number of ether oxygens (including phenoxy) is 2. The number of hydrogen-bond acceptors (Lipinski definition) is 6. The second-order valence-corrected chi connectivity index (χ2v) is 8.25. The lowest BCUT2D eigenvalue weighted by molar-refractivity contribution is -0.146. The number of carbonyl (C=O) groups is 4. The molecule has 2 aromatic rings. The van der Waals surface area contributed by atoms with Crippen molar-refractivity contribution in [1.29, 1.82) is 0 Å². The van der Waals surface area contributed by atoms with Crippen LogP contribution in [0.15, 0.2) is 42.5 Å². The number of rotatable bonds is 4. The molecule has 0 unspecified atom stereocenters. The van der Waals surface area contributed by atoms with Crippen LogP contribution in [0.2, 0.25) is 5.02 Å². The number of anilines is 1. The number of morpholine rings is 1. The second kappa shape index (κ2) is 8.72. The van der Waals surface area contributed by atoms with Crippen LogP contribution >= 0.6 is 11.6 Å². The van der Waals surface area contributed by atoms with Crippen LogP contribution in [-0.4, -0.2) is 60.5 Å². The molecule has 0 saturated carbocycles. The third kappa shape index (κ3) is 4.24. The maximum atomic E-state index is 12.8. The van der Waals surface area contributed by atoms with Gasteiger partial charge in [0.05, 0.1) is 34.6 Å². The maximum Gasteiger partial charge on any atom is 0.338 e. The molecule has 0 spiro atoms. The van der Waals surface area contributed by atoms with Crippen LogP contribution in [0.4, 0.5) is 5.69 Å². The molecule has 32 heavy (non-hydrogen) atoms. The Labute approximate surface area is 189 Å². The van der Waals surface area contributed by atoms with Gasteiger partial charge in [0.15, 0.2) is 6.61 Å². The van der Waals surface area contributed by atoms with Crippen LogP contribution in [-0.2, 0) is 14.3 Å². The quantitative estimate of drug-likeness (QED) is 0.518. The Balaban J connectivity index is 1.45. The summed E-state index contributed by atoms with van der Waals surface area (Å²) in [6, 6.07) is 10.4. The number of hydrogen-bond donors (Lipinski definition) is 0. The van der Waals surface area contributed by atoms with Gasteiger partial charge in [0, 0.05) is 18.1 Å². The van der Waals surface area contributed by atoms with E-state index in [1.54, 1.807) is 29.2 Å². The SMILES string of the molecule is C[C@@H]1CN(C(=O)COC(=O)c2ccc3c(c2)C(=O)N(c2ccc(Cl)cc2)C3=O)C[C@@H](C)O1. The first-order valence-corrected chi connectivity index (χ1v) is 10.5. The minimum Gasteiger partial charge on any atom is -0.452 e. The van der Waals surface area contributed by atoms with E-state index in [0.717, 1.165) is 4.90 Å². The van der Waals surface area contributed by atoms with E-state index >= 15 is 0 Å². The van der Waals surface area contributed by atoms with Gasteiger partial charge in [-0.2, -0.15) is 0 Å². The van der Waals surface area contributed by atoms with Gasteiger partial charge in [-0.25, -0.2) is 9.69 Å². The first kappa shape index (κ1) is 22.0. The number of halogens is 1. The van der Waals surface area contributed by atoms with Crippen molar-refractivity contribution in [2.75, 3.05) is 24.6 Å². The zero-order valence-corrected chi connectivity index (χ0v) is 18.3. The standard InChI is InChI=1S/C23H21ClN2O6/c1-13-10-25(11-14(2)32-13)20(27)12-31-23(30)15-3-8-18-19(9-15)22(29)26(21(18)28)17-6-4-16(24)5-7-17/h3-9,13-14H,10-12H2,1-2H3/t13-,14-/m1/s1. The van der Waals surface area contributed by atoms with Crippen LogP contribution < -0.4 is 4.90 Å². The number of esters is 1. The zero-order chi connectivity index (χ0) is 23.0. The topological polar surface area (TPSA) is 93.2 Å². The monoisotopic (exact) mass is 456 g/mol. The lowest BCUT2D eigenvalue weighted by atomic mass is 10.1. The maximum absolute atomic E-state index is 12.8. The van der Waals surface area contributed by atoms with Crippen molar-refractivity contribution in [3.05, 3.63) is 64.2 Å². The summed E-state index contributed by atoms with van der Waals surface area (Å²) in [4.78, 5) is 53.1. The molecular formula is C23H21ClN2O6. The number of carbonyl (C=O) groups excluding carboxylic acids is 4. The van der Waals surface area contributed by atoms with E-state index in [1.807, 2.05) is 13.8 Å². The van der Waals surface area contributed by atoms with Gasteiger partial charge in [0.25, 0.3) is 17.7 Å². The molecule has 3 amide bonds. The van der Waals surface area contributed by atoms with E-state index in [2.05, 4.69) is 0 Å². The second-order valence-electron chi connectivity index (χ2n) is 7.81. The molecule has 4 rings (SSSR count). The number of nitrogens with zero attached hydrogens (tertiary/aromatic N) is 2. The molecule has 9 heteroatoms. The highest BCUT2D eigenvalue weighted by molar-refractivity contribution is 6.35.